The molecule has 1 N–H and O–H groups in total. The van der Waals surface area contributed by atoms with E-state index in [4.69, 9.17) is 14.2 Å². The van der Waals surface area contributed by atoms with Gasteiger partial charge in [-0.05, 0) is 49.4 Å². The lowest BCUT2D eigenvalue weighted by molar-refractivity contribution is -0.0636. The minimum absolute atomic E-state index is 0.120. The standard InChI is InChI=1S/C15H22O4/c1-10-8-13(17-2)14(18-3)9-11(10)15(16)12-6-4-5-7-19-12/h8-9,12,15-16H,4-7H2,1-3H3. The van der Waals surface area contributed by atoms with Crippen LogP contribution in [-0.2, 0) is 4.74 Å². The highest BCUT2D eigenvalue weighted by atomic mass is 16.5. The molecule has 0 bridgehead atoms. The van der Waals surface area contributed by atoms with Crippen molar-refractivity contribution in [3.05, 3.63) is 23.3 Å². The first-order valence-corrected chi connectivity index (χ1v) is 6.69. The summed E-state index contributed by atoms with van der Waals surface area (Å²) in [5, 5.41) is 10.5. The van der Waals surface area contributed by atoms with Crippen LogP contribution in [0.1, 0.15) is 36.5 Å². The van der Waals surface area contributed by atoms with Crippen molar-refractivity contribution < 1.29 is 19.3 Å². The Morgan fingerprint density at radius 1 is 1.21 bits per heavy atom. The summed E-state index contributed by atoms with van der Waals surface area (Å²) in [6, 6.07) is 3.73. The Kier molecular flexibility index (Phi) is 4.66. The molecule has 106 valence electrons. The molecule has 1 heterocycles. The summed E-state index contributed by atoms with van der Waals surface area (Å²) in [6.45, 7) is 2.69. The van der Waals surface area contributed by atoms with Crippen molar-refractivity contribution in [1.82, 2.24) is 0 Å². The predicted octanol–water partition coefficient (Wildman–Crippen LogP) is 2.61. The summed E-state index contributed by atoms with van der Waals surface area (Å²) < 4.78 is 16.2. The lowest BCUT2D eigenvalue weighted by atomic mass is 9.94. The largest absolute Gasteiger partial charge is 0.493 e. The molecule has 0 saturated carbocycles. The van der Waals surface area contributed by atoms with Gasteiger partial charge >= 0.3 is 0 Å². The molecular formula is C15H22O4. The first-order chi connectivity index (χ1) is 9.17. The van der Waals surface area contributed by atoms with Gasteiger partial charge in [-0.15, -0.1) is 0 Å². The van der Waals surface area contributed by atoms with Gasteiger partial charge in [0.05, 0.1) is 20.3 Å². The van der Waals surface area contributed by atoms with E-state index in [0.29, 0.717) is 11.5 Å². The summed E-state index contributed by atoms with van der Waals surface area (Å²) in [4.78, 5) is 0. The van der Waals surface area contributed by atoms with Crippen molar-refractivity contribution >= 4 is 0 Å². The maximum atomic E-state index is 10.5. The first-order valence-electron chi connectivity index (χ1n) is 6.69. The van der Waals surface area contributed by atoms with Gasteiger partial charge in [0.25, 0.3) is 0 Å². The summed E-state index contributed by atoms with van der Waals surface area (Å²) >= 11 is 0. The highest BCUT2D eigenvalue weighted by molar-refractivity contribution is 5.48. The molecule has 2 unspecified atom stereocenters. The van der Waals surface area contributed by atoms with Crippen LogP contribution in [-0.4, -0.2) is 32.0 Å². The summed E-state index contributed by atoms with van der Waals surface area (Å²) in [5.41, 5.74) is 1.84. The second-order valence-electron chi connectivity index (χ2n) is 4.91. The normalized spacial score (nSPS) is 20.9. The molecule has 19 heavy (non-hydrogen) atoms. The van der Waals surface area contributed by atoms with Crippen LogP contribution in [0, 0.1) is 6.92 Å². The number of aryl methyl sites for hydroxylation is 1. The van der Waals surface area contributed by atoms with Gasteiger partial charge < -0.3 is 19.3 Å². The quantitative estimate of drug-likeness (QED) is 0.910. The molecule has 4 heteroatoms. The highest BCUT2D eigenvalue weighted by Gasteiger charge is 2.26. The van der Waals surface area contributed by atoms with Gasteiger partial charge in [-0.2, -0.15) is 0 Å². The van der Waals surface area contributed by atoms with E-state index in [0.717, 1.165) is 37.0 Å². The zero-order valence-electron chi connectivity index (χ0n) is 11.8. The van der Waals surface area contributed by atoms with E-state index in [1.807, 2.05) is 19.1 Å². The molecular weight excluding hydrogens is 244 g/mol. The van der Waals surface area contributed by atoms with Crippen molar-refractivity contribution in [3.8, 4) is 11.5 Å². The molecule has 1 aliphatic heterocycles. The van der Waals surface area contributed by atoms with Crippen LogP contribution in [0.15, 0.2) is 12.1 Å². The fraction of sp³-hybridized carbons (Fsp3) is 0.600. The van der Waals surface area contributed by atoms with Gasteiger partial charge in [-0.25, -0.2) is 0 Å². The van der Waals surface area contributed by atoms with E-state index >= 15 is 0 Å². The van der Waals surface area contributed by atoms with E-state index in [1.165, 1.54) is 0 Å². The number of methoxy groups -OCH3 is 2. The Hall–Kier alpha value is -1.26. The molecule has 0 radical (unpaired) electrons. The van der Waals surface area contributed by atoms with Gasteiger partial charge in [-0.1, -0.05) is 0 Å². The summed E-state index contributed by atoms with van der Waals surface area (Å²) in [5.74, 6) is 1.32. The minimum atomic E-state index is -0.611. The van der Waals surface area contributed by atoms with Gasteiger partial charge in [0.15, 0.2) is 11.5 Å². The lowest BCUT2D eigenvalue weighted by Crippen LogP contribution is -2.26. The third kappa shape index (κ3) is 3.01. The van der Waals surface area contributed by atoms with Gasteiger partial charge in [0.2, 0.25) is 0 Å². The topological polar surface area (TPSA) is 47.9 Å². The predicted molar refractivity (Wildman–Crippen MR) is 72.8 cm³/mol. The summed E-state index contributed by atoms with van der Waals surface area (Å²) in [6.07, 6.45) is 2.35. The number of ether oxygens (including phenoxy) is 3. The van der Waals surface area contributed by atoms with Crippen LogP contribution in [0.25, 0.3) is 0 Å². The fourth-order valence-electron chi connectivity index (χ4n) is 2.53. The summed E-state index contributed by atoms with van der Waals surface area (Å²) in [7, 11) is 3.21. The molecule has 2 rings (SSSR count). The lowest BCUT2D eigenvalue weighted by Gasteiger charge is -2.28. The highest BCUT2D eigenvalue weighted by Crippen LogP contribution is 2.35. The fourth-order valence-corrected chi connectivity index (χ4v) is 2.53. The maximum absolute atomic E-state index is 10.5. The van der Waals surface area contributed by atoms with Crippen molar-refractivity contribution in [1.29, 1.82) is 0 Å². The van der Waals surface area contributed by atoms with E-state index in [9.17, 15) is 5.11 Å². The first kappa shape index (κ1) is 14.2. The molecule has 1 saturated heterocycles. The van der Waals surface area contributed by atoms with Crippen LogP contribution in [0.4, 0.5) is 0 Å². The molecule has 4 nitrogen and oxygen atoms in total. The maximum Gasteiger partial charge on any atom is 0.161 e. The van der Waals surface area contributed by atoms with Crippen molar-refractivity contribution in [2.75, 3.05) is 20.8 Å². The number of rotatable bonds is 4. The van der Waals surface area contributed by atoms with Crippen molar-refractivity contribution in [2.24, 2.45) is 0 Å². The number of benzene rings is 1. The Bertz CT molecular complexity index is 424. The smallest absolute Gasteiger partial charge is 0.161 e. The zero-order valence-corrected chi connectivity index (χ0v) is 11.8. The monoisotopic (exact) mass is 266 g/mol. The Labute approximate surface area is 114 Å². The van der Waals surface area contributed by atoms with E-state index in [-0.39, 0.29) is 6.10 Å². The third-order valence-corrected chi connectivity index (χ3v) is 3.66. The van der Waals surface area contributed by atoms with Crippen LogP contribution in [0.2, 0.25) is 0 Å². The van der Waals surface area contributed by atoms with Crippen molar-refractivity contribution in [2.45, 2.75) is 38.4 Å². The molecule has 0 aromatic heterocycles. The molecule has 0 aliphatic carbocycles. The van der Waals surface area contributed by atoms with Gasteiger partial charge in [-0.3, -0.25) is 0 Å². The third-order valence-electron chi connectivity index (χ3n) is 3.66. The second-order valence-corrected chi connectivity index (χ2v) is 4.91. The molecule has 0 spiro atoms. The number of aliphatic hydroxyl groups is 1. The Balaban J connectivity index is 2.27. The Morgan fingerprint density at radius 3 is 2.47 bits per heavy atom. The Morgan fingerprint density at radius 2 is 1.89 bits per heavy atom. The molecule has 1 aliphatic rings. The second kappa shape index (κ2) is 6.26. The number of hydrogen-bond acceptors (Lipinski definition) is 4. The molecule has 1 aromatic rings. The average Bonchev–Trinajstić information content (AvgIpc) is 2.47. The van der Waals surface area contributed by atoms with Crippen LogP contribution in [0.5, 0.6) is 11.5 Å². The molecule has 2 atom stereocenters. The van der Waals surface area contributed by atoms with Gasteiger partial charge in [0.1, 0.15) is 6.10 Å². The van der Waals surface area contributed by atoms with Crippen LogP contribution < -0.4 is 9.47 Å². The van der Waals surface area contributed by atoms with E-state index in [1.54, 1.807) is 14.2 Å². The SMILES string of the molecule is COc1cc(C)c(C(O)C2CCCCO2)cc1OC. The van der Waals surface area contributed by atoms with Gasteiger partial charge in [0, 0.05) is 6.61 Å². The molecule has 1 fully saturated rings. The number of hydrogen-bond donors (Lipinski definition) is 1. The van der Waals surface area contributed by atoms with E-state index < -0.39 is 6.10 Å². The van der Waals surface area contributed by atoms with Crippen LogP contribution >= 0.6 is 0 Å². The minimum Gasteiger partial charge on any atom is -0.493 e. The number of aliphatic hydroxyl groups excluding tert-OH is 1. The molecule has 1 aromatic carbocycles. The van der Waals surface area contributed by atoms with E-state index in [2.05, 4.69) is 0 Å². The molecule has 0 amide bonds. The average molecular weight is 266 g/mol. The van der Waals surface area contributed by atoms with Crippen molar-refractivity contribution in [3.63, 3.8) is 0 Å². The van der Waals surface area contributed by atoms with Crippen LogP contribution in [0.3, 0.4) is 0 Å². The zero-order chi connectivity index (χ0) is 13.8.